The van der Waals surface area contributed by atoms with Crippen molar-refractivity contribution in [2.45, 2.75) is 51.1 Å². The van der Waals surface area contributed by atoms with Gasteiger partial charge in [0.15, 0.2) is 0 Å². The molecule has 0 amide bonds. The van der Waals surface area contributed by atoms with Gasteiger partial charge in [-0.15, -0.1) is 0 Å². The molecule has 1 unspecified atom stereocenters. The average Bonchev–Trinajstić information content (AvgIpc) is 2.79. The Morgan fingerprint density at radius 3 is 2.75 bits per heavy atom. The second-order valence-electron chi connectivity index (χ2n) is 7.17. The Bertz CT molecular complexity index is 738. The number of rotatable bonds is 3. The van der Waals surface area contributed by atoms with Gasteiger partial charge in [-0.3, -0.25) is 4.90 Å². The summed E-state index contributed by atoms with van der Waals surface area (Å²) in [5, 5.41) is 0. The summed E-state index contributed by atoms with van der Waals surface area (Å²) in [4.78, 5) is 2.72. The van der Waals surface area contributed by atoms with E-state index in [1.54, 1.807) is 7.11 Å². The molecule has 0 fully saturated rings. The van der Waals surface area contributed by atoms with E-state index in [2.05, 4.69) is 54.3 Å². The molecule has 0 aromatic heterocycles. The third-order valence-electron chi connectivity index (χ3n) is 5.85. The Hall–Kier alpha value is -1.80. The summed E-state index contributed by atoms with van der Waals surface area (Å²) in [6.07, 6.45) is 6.18. The summed E-state index contributed by atoms with van der Waals surface area (Å²) in [6, 6.07) is 15.8. The van der Waals surface area contributed by atoms with Crippen LogP contribution in [0, 0.1) is 0 Å². The van der Waals surface area contributed by atoms with Crippen molar-refractivity contribution in [3.05, 3.63) is 64.7 Å². The number of hydrogen-bond acceptors (Lipinski definition) is 2. The summed E-state index contributed by atoms with van der Waals surface area (Å²) >= 11 is 0. The van der Waals surface area contributed by atoms with Gasteiger partial charge in [0.25, 0.3) is 0 Å². The molecule has 1 heterocycles. The topological polar surface area (TPSA) is 12.5 Å². The average molecular weight is 321 g/mol. The fourth-order valence-corrected chi connectivity index (χ4v) is 4.84. The number of aryl methyl sites for hydroxylation is 1. The number of nitrogens with zero attached hydrogens (tertiary/aromatic N) is 1. The lowest BCUT2D eigenvalue weighted by molar-refractivity contribution is 0.128. The Morgan fingerprint density at radius 1 is 1.04 bits per heavy atom. The standard InChI is InChI=1S/C22H27NO/c1-3-14-23-16-18-11-12-19(24-2)15-21(18)22(23)13-7-6-9-17-8-4-5-10-20(17)22/h4-5,8,10-12,15H,3,6-7,9,13-14,16H2,1-2H3. The molecule has 2 aromatic carbocycles. The molecule has 2 aliphatic rings. The van der Waals surface area contributed by atoms with E-state index < -0.39 is 0 Å². The van der Waals surface area contributed by atoms with E-state index in [1.807, 2.05) is 0 Å². The van der Waals surface area contributed by atoms with Crippen molar-refractivity contribution in [2.75, 3.05) is 13.7 Å². The third kappa shape index (κ3) is 2.28. The van der Waals surface area contributed by atoms with Gasteiger partial charge >= 0.3 is 0 Å². The van der Waals surface area contributed by atoms with Crippen LogP contribution in [0.25, 0.3) is 0 Å². The molecule has 24 heavy (non-hydrogen) atoms. The molecule has 1 aliphatic carbocycles. The van der Waals surface area contributed by atoms with Crippen molar-refractivity contribution in [1.82, 2.24) is 4.90 Å². The molecule has 0 saturated heterocycles. The molecule has 4 rings (SSSR count). The molecule has 126 valence electrons. The zero-order chi connectivity index (χ0) is 16.6. The monoisotopic (exact) mass is 321 g/mol. The minimum atomic E-state index is 0.0347. The molecule has 1 spiro atoms. The van der Waals surface area contributed by atoms with Gasteiger partial charge in [0, 0.05) is 6.54 Å². The van der Waals surface area contributed by atoms with Gasteiger partial charge in [-0.2, -0.15) is 0 Å². The first-order chi connectivity index (χ1) is 11.8. The van der Waals surface area contributed by atoms with Crippen LogP contribution in [-0.2, 0) is 18.5 Å². The highest BCUT2D eigenvalue weighted by Crippen LogP contribution is 2.51. The molecule has 1 atom stereocenters. The van der Waals surface area contributed by atoms with Gasteiger partial charge in [0.05, 0.1) is 12.6 Å². The fourth-order valence-electron chi connectivity index (χ4n) is 4.84. The van der Waals surface area contributed by atoms with Crippen LogP contribution in [0.5, 0.6) is 5.75 Å². The van der Waals surface area contributed by atoms with Crippen molar-refractivity contribution < 1.29 is 4.74 Å². The van der Waals surface area contributed by atoms with Crippen LogP contribution in [0.3, 0.4) is 0 Å². The highest BCUT2D eigenvalue weighted by molar-refractivity contribution is 5.52. The number of hydrogen-bond donors (Lipinski definition) is 0. The Kier molecular flexibility index (Phi) is 4.09. The smallest absolute Gasteiger partial charge is 0.119 e. The van der Waals surface area contributed by atoms with E-state index in [1.165, 1.54) is 54.4 Å². The van der Waals surface area contributed by atoms with Gasteiger partial charge in [-0.25, -0.2) is 0 Å². The molecule has 0 saturated carbocycles. The normalized spacial score (nSPS) is 22.9. The zero-order valence-electron chi connectivity index (χ0n) is 14.8. The lowest BCUT2D eigenvalue weighted by Crippen LogP contribution is -2.42. The Labute approximate surface area is 145 Å². The summed E-state index contributed by atoms with van der Waals surface area (Å²) in [5.41, 5.74) is 6.05. The van der Waals surface area contributed by atoms with Crippen LogP contribution in [0.2, 0.25) is 0 Å². The van der Waals surface area contributed by atoms with E-state index in [-0.39, 0.29) is 5.54 Å². The van der Waals surface area contributed by atoms with Crippen molar-refractivity contribution in [1.29, 1.82) is 0 Å². The summed E-state index contributed by atoms with van der Waals surface area (Å²) in [6.45, 7) is 4.49. The molecule has 1 aliphatic heterocycles. The third-order valence-corrected chi connectivity index (χ3v) is 5.85. The predicted octanol–water partition coefficient (Wildman–Crippen LogP) is 4.89. The SMILES string of the molecule is CCCN1Cc2ccc(OC)cc2C12CCCCc1ccccc12. The second kappa shape index (κ2) is 6.25. The second-order valence-corrected chi connectivity index (χ2v) is 7.17. The van der Waals surface area contributed by atoms with Crippen molar-refractivity contribution in [3.63, 3.8) is 0 Å². The maximum Gasteiger partial charge on any atom is 0.119 e. The van der Waals surface area contributed by atoms with Crippen molar-refractivity contribution in [2.24, 2.45) is 0 Å². The highest BCUT2D eigenvalue weighted by Gasteiger charge is 2.47. The van der Waals surface area contributed by atoms with Crippen molar-refractivity contribution >= 4 is 0 Å². The lowest BCUT2D eigenvalue weighted by atomic mass is 9.78. The molecule has 0 bridgehead atoms. The van der Waals surface area contributed by atoms with Gasteiger partial charge in [0.2, 0.25) is 0 Å². The van der Waals surface area contributed by atoms with Crippen LogP contribution in [0.1, 0.15) is 54.9 Å². The molecule has 2 nitrogen and oxygen atoms in total. The first-order valence-electron chi connectivity index (χ1n) is 9.30. The van der Waals surface area contributed by atoms with Crippen LogP contribution in [0.4, 0.5) is 0 Å². The first kappa shape index (κ1) is 15.7. The van der Waals surface area contributed by atoms with E-state index in [4.69, 9.17) is 4.74 Å². The first-order valence-corrected chi connectivity index (χ1v) is 9.30. The van der Waals surface area contributed by atoms with E-state index >= 15 is 0 Å². The van der Waals surface area contributed by atoms with E-state index in [0.717, 1.165) is 18.8 Å². The number of ether oxygens (including phenoxy) is 1. The summed E-state index contributed by atoms with van der Waals surface area (Å²) in [7, 11) is 1.77. The fraction of sp³-hybridized carbons (Fsp3) is 0.455. The van der Waals surface area contributed by atoms with Gasteiger partial charge in [-0.1, -0.05) is 43.7 Å². The molecular formula is C22H27NO. The Balaban J connectivity index is 1.96. The molecular weight excluding hydrogens is 294 g/mol. The zero-order valence-corrected chi connectivity index (χ0v) is 14.8. The predicted molar refractivity (Wildman–Crippen MR) is 98.5 cm³/mol. The number of fused-ring (bicyclic) bond motifs is 4. The van der Waals surface area contributed by atoms with Crippen molar-refractivity contribution in [3.8, 4) is 5.75 Å². The largest absolute Gasteiger partial charge is 0.497 e. The maximum absolute atomic E-state index is 5.57. The Morgan fingerprint density at radius 2 is 1.92 bits per heavy atom. The van der Waals surface area contributed by atoms with Gasteiger partial charge in [0.1, 0.15) is 5.75 Å². The summed E-state index contributed by atoms with van der Waals surface area (Å²) in [5.74, 6) is 0.980. The minimum Gasteiger partial charge on any atom is -0.497 e. The van der Waals surface area contributed by atoms with Crippen LogP contribution < -0.4 is 4.74 Å². The maximum atomic E-state index is 5.57. The lowest BCUT2D eigenvalue weighted by Gasteiger charge is -2.40. The summed E-state index contributed by atoms with van der Waals surface area (Å²) < 4.78 is 5.57. The quantitative estimate of drug-likeness (QED) is 0.798. The number of methoxy groups -OCH3 is 1. The van der Waals surface area contributed by atoms with Gasteiger partial charge in [-0.05, 0) is 66.6 Å². The van der Waals surface area contributed by atoms with Gasteiger partial charge < -0.3 is 4.74 Å². The number of benzene rings is 2. The molecule has 2 heteroatoms. The van der Waals surface area contributed by atoms with Crippen LogP contribution in [0.15, 0.2) is 42.5 Å². The minimum absolute atomic E-state index is 0.0347. The van der Waals surface area contributed by atoms with E-state index in [9.17, 15) is 0 Å². The van der Waals surface area contributed by atoms with Crippen LogP contribution >= 0.6 is 0 Å². The molecule has 0 N–H and O–H groups in total. The van der Waals surface area contributed by atoms with Crippen LogP contribution in [-0.4, -0.2) is 18.6 Å². The highest BCUT2D eigenvalue weighted by atomic mass is 16.5. The van der Waals surface area contributed by atoms with E-state index in [0.29, 0.717) is 0 Å². The molecule has 0 radical (unpaired) electrons. The molecule has 2 aromatic rings.